The van der Waals surface area contributed by atoms with Gasteiger partial charge >= 0.3 is 11.4 Å². The molecular formula is C28H21F2N5O6. The third kappa shape index (κ3) is 5.32. The molecule has 0 atom stereocenters. The Bertz CT molecular complexity index is 1840. The van der Waals surface area contributed by atoms with Gasteiger partial charge in [0.05, 0.1) is 35.8 Å². The van der Waals surface area contributed by atoms with Crippen LogP contribution in [0, 0.1) is 11.6 Å². The fourth-order valence-corrected chi connectivity index (χ4v) is 4.50. The lowest BCUT2D eigenvalue weighted by Gasteiger charge is -2.21. The van der Waals surface area contributed by atoms with Crippen LogP contribution in [0.15, 0.2) is 92.1 Å². The molecule has 0 radical (unpaired) electrons. The van der Waals surface area contributed by atoms with Gasteiger partial charge in [-0.05, 0) is 47.5 Å². The molecule has 2 aromatic carbocycles. The number of nitrogens with zero attached hydrogens (tertiary/aromatic N) is 3. The van der Waals surface area contributed by atoms with E-state index in [1.807, 2.05) is 0 Å². The molecule has 41 heavy (non-hydrogen) atoms. The van der Waals surface area contributed by atoms with Crippen LogP contribution in [0.5, 0.6) is 11.8 Å². The predicted molar refractivity (Wildman–Crippen MR) is 142 cm³/mol. The van der Waals surface area contributed by atoms with Crippen LogP contribution >= 0.6 is 0 Å². The van der Waals surface area contributed by atoms with Crippen molar-refractivity contribution in [3.8, 4) is 11.8 Å². The molecule has 5 rings (SSSR count). The third-order valence-electron chi connectivity index (χ3n) is 6.48. The van der Waals surface area contributed by atoms with E-state index in [1.54, 1.807) is 6.07 Å². The average molecular weight is 562 g/mol. The molecule has 0 spiro atoms. The van der Waals surface area contributed by atoms with Crippen LogP contribution < -0.4 is 22.5 Å². The molecule has 0 fully saturated rings. The van der Waals surface area contributed by atoms with E-state index < -0.39 is 62.9 Å². The molecule has 13 heteroatoms. The van der Waals surface area contributed by atoms with Crippen molar-refractivity contribution in [2.75, 3.05) is 0 Å². The van der Waals surface area contributed by atoms with Crippen LogP contribution in [0.3, 0.4) is 0 Å². The molecule has 0 saturated heterocycles. The normalized spacial score (nSPS) is 11.2. The Hall–Kier alpha value is -5.59. The third-order valence-corrected chi connectivity index (χ3v) is 6.48. The molecular weight excluding hydrogens is 540 g/mol. The van der Waals surface area contributed by atoms with Gasteiger partial charge in [-0.25, -0.2) is 18.4 Å². The number of nitrogens with one attached hydrogen (secondary N) is 2. The van der Waals surface area contributed by atoms with E-state index >= 15 is 0 Å². The summed E-state index contributed by atoms with van der Waals surface area (Å²) in [6.07, 6.45) is 1.35. The summed E-state index contributed by atoms with van der Waals surface area (Å²) in [7, 11) is 0. The first kappa shape index (κ1) is 27.0. The second kappa shape index (κ2) is 10.9. The number of benzene rings is 2. The number of hydrogen-bond donors (Lipinski definition) is 4. The highest BCUT2D eigenvalue weighted by molar-refractivity contribution is 5.46. The summed E-state index contributed by atoms with van der Waals surface area (Å²) in [6, 6.07) is 14.7. The van der Waals surface area contributed by atoms with E-state index in [0.717, 1.165) is 33.4 Å². The molecule has 0 amide bonds. The zero-order valence-corrected chi connectivity index (χ0v) is 21.0. The molecule has 0 unspecified atom stereocenters. The van der Waals surface area contributed by atoms with Crippen LogP contribution in [0.25, 0.3) is 0 Å². The van der Waals surface area contributed by atoms with E-state index in [0.29, 0.717) is 11.1 Å². The quantitative estimate of drug-likeness (QED) is 0.235. The molecule has 0 aliphatic heterocycles. The molecule has 0 aliphatic rings. The minimum atomic E-state index is -1.57. The number of H-pyrrole nitrogens is 2. The second-order valence-corrected chi connectivity index (χ2v) is 9.11. The van der Waals surface area contributed by atoms with Gasteiger partial charge in [-0.3, -0.25) is 33.7 Å². The van der Waals surface area contributed by atoms with Crippen molar-refractivity contribution in [3.63, 3.8) is 0 Å². The number of hydrogen-bond acceptors (Lipinski definition) is 7. The first-order valence-corrected chi connectivity index (χ1v) is 12.2. The maximum absolute atomic E-state index is 13.4. The van der Waals surface area contributed by atoms with Gasteiger partial charge in [0.1, 0.15) is 11.6 Å². The van der Waals surface area contributed by atoms with Gasteiger partial charge < -0.3 is 10.2 Å². The number of halogens is 2. The number of rotatable bonds is 7. The summed E-state index contributed by atoms with van der Waals surface area (Å²) in [5.41, 5.74) is -4.32. The number of aromatic nitrogens is 5. The molecule has 0 aliphatic carbocycles. The first-order chi connectivity index (χ1) is 19.6. The summed E-state index contributed by atoms with van der Waals surface area (Å²) >= 11 is 0. The summed E-state index contributed by atoms with van der Waals surface area (Å²) in [4.78, 5) is 60.2. The number of pyridine rings is 1. The topological polar surface area (TPSA) is 163 Å². The molecule has 11 nitrogen and oxygen atoms in total. The van der Waals surface area contributed by atoms with E-state index in [4.69, 9.17) is 0 Å². The van der Waals surface area contributed by atoms with Crippen LogP contribution in [-0.2, 0) is 13.1 Å². The highest BCUT2D eigenvalue weighted by atomic mass is 19.1. The fourth-order valence-electron chi connectivity index (χ4n) is 4.50. The lowest BCUT2D eigenvalue weighted by atomic mass is 9.90. The Labute approximate surface area is 228 Å². The maximum atomic E-state index is 13.4. The van der Waals surface area contributed by atoms with Gasteiger partial charge in [0, 0.05) is 6.20 Å². The SMILES string of the molecule is O=c1[nH]c(=O)n(Cc2ccc(F)cc2)c(O)c1C(c1ccccn1)c1c(O)n(Cc2ccc(F)cc2)c(=O)[nH]c1=O. The molecule has 0 saturated carbocycles. The van der Waals surface area contributed by atoms with Crippen molar-refractivity contribution in [1.29, 1.82) is 0 Å². The van der Waals surface area contributed by atoms with Gasteiger partial charge in [0.25, 0.3) is 11.1 Å². The lowest BCUT2D eigenvalue weighted by Crippen LogP contribution is -2.37. The molecule has 0 bridgehead atoms. The molecule has 3 heterocycles. The smallest absolute Gasteiger partial charge is 0.331 e. The molecule has 4 N–H and O–H groups in total. The summed E-state index contributed by atoms with van der Waals surface area (Å²) in [5.74, 6) is -4.28. The summed E-state index contributed by atoms with van der Waals surface area (Å²) in [6.45, 7) is -0.563. The number of aromatic amines is 2. The fraction of sp³-hybridized carbons (Fsp3) is 0.107. The van der Waals surface area contributed by atoms with Crippen molar-refractivity contribution < 1.29 is 19.0 Å². The second-order valence-electron chi connectivity index (χ2n) is 9.11. The van der Waals surface area contributed by atoms with E-state index in [9.17, 15) is 38.2 Å². The predicted octanol–water partition coefficient (Wildman–Crippen LogP) is 1.75. The summed E-state index contributed by atoms with van der Waals surface area (Å²) in [5, 5.41) is 22.5. The Morgan fingerprint density at radius 1 is 0.683 bits per heavy atom. The Kier molecular flexibility index (Phi) is 7.17. The lowest BCUT2D eigenvalue weighted by molar-refractivity contribution is 0.390. The molecule has 3 aromatic heterocycles. The van der Waals surface area contributed by atoms with Crippen LogP contribution in [0.4, 0.5) is 8.78 Å². The minimum absolute atomic E-state index is 0.0214. The van der Waals surface area contributed by atoms with Gasteiger partial charge in [0.2, 0.25) is 11.8 Å². The monoisotopic (exact) mass is 561 g/mol. The molecule has 208 valence electrons. The van der Waals surface area contributed by atoms with E-state index in [2.05, 4.69) is 15.0 Å². The minimum Gasteiger partial charge on any atom is -0.494 e. The highest BCUT2D eigenvalue weighted by Gasteiger charge is 2.33. The van der Waals surface area contributed by atoms with Gasteiger partial charge in [0.15, 0.2) is 0 Å². The number of aromatic hydroxyl groups is 2. The summed E-state index contributed by atoms with van der Waals surface area (Å²) < 4.78 is 28.4. The van der Waals surface area contributed by atoms with Gasteiger partial charge in [-0.1, -0.05) is 30.3 Å². The van der Waals surface area contributed by atoms with Crippen LogP contribution in [0.2, 0.25) is 0 Å². The van der Waals surface area contributed by atoms with E-state index in [-0.39, 0.29) is 18.8 Å². The Balaban J connectivity index is 1.74. The molecule has 5 aromatic rings. The van der Waals surface area contributed by atoms with E-state index in [1.165, 1.54) is 42.6 Å². The van der Waals surface area contributed by atoms with Gasteiger partial charge in [-0.2, -0.15) is 0 Å². The highest BCUT2D eigenvalue weighted by Crippen LogP contribution is 2.35. The average Bonchev–Trinajstić information content (AvgIpc) is 2.94. The zero-order valence-electron chi connectivity index (χ0n) is 21.0. The largest absolute Gasteiger partial charge is 0.494 e. The van der Waals surface area contributed by atoms with Crippen molar-refractivity contribution in [3.05, 3.63) is 154 Å². The first-order valence-electron chi connectivity index (χ1n) is 12.2. The van der Waals surface area contributed by atoms with Crippen molar-refractivity contribution in [1.82, 2.24) is 24.1 Å². The van der Waals surface area contributed by atoms with Crippen molar-refractivity contribution >= 4 is 0 Å². The maximum Gasteiger partial charge on any atom is 0.331 e. The van der Waals surface area contributed by atoms with Crippen LogP contribution in [-0.4, -0.2) is 34.3 Å². The van der Waals surface area contributed by atoms with Gasteiger partial charge in [-0.15, -0.1) is 0 Å². The standard InChI is InChI=1S/C28H21F2N5O6/c29-17-8-4-15(5-9-17)13-34-25(38)21(23(36)32-27(34)40)20(19-3-1-2-12-31-19)22-24(37)33-28(41)35(26(22)39)14-16-6-10-18(30)11-7-16/h1-12,20,38-39H,13-14H2,(H,32,36,40)(H,33,37,41). The van der Waals surface area contributed by atoms with Crippen molar-refractivity contribution in [2.24, 2.45) is 0 Å². The Morgan fingerprint density at radius 3 is 1.51 bits per heavy atom. The van der Waals surface area contributed by atoms with Crippen molar-refractivity contribution in [2.45, 2.75) is 19.0 Å². The zero-order chi connectivity index (χ0) is 29.3. The van der Waals surface area contributed by atoms with Crippen LogP contribution in [0.1, 0.15) is 33.9 Å². The Morgan fingerprint density at radius 2 is 1.12 bits per heavy atom.